The molecule has 0 rings (SSSR count). The van der Waals surface area contributed by atoms with Gasteiger partial charge in [0.25, 0.3) is 0 Å². The fraction of sp³-hybridized carbons (Fsp3) is 0.375. The number of carbonyl (C=O) groups excluding carboxylic acids is 1. The summed E-state index contributed by atoms with van der Waals surface area (Å²) in [5, 5.41) is 18.7. The lowest BCUT2D eigenvalue weighted by atomic mass is 10.2. The number of terminal acetylenes is 1. The molecule has 0 aromatic carbocycles. The molecule has 0 saturated carbocycles. The Kier molecular flexibility index (Phi) is 5.33. The van der Waals surface area contributed by atoms with Gasteiger partial charge in [-0.3, -0.25) is 4.79 Å². The summed E-state index contributed by atoms with van der Waals surface area (Å²) in [6.07, 6.45) is 2.98. The molecular weight excluding hydrogens is 206 g/mol. The molecule has 0 saturated heterocycles. The largest absolute Gasteiger partial charge is 0.481 e. The zero-order valence-electron chi connectivity index (χ0n) is 7.60. The highest BCUT2D eigenvalue weighted by Gasteiger charge is 2.23. The van der Waals surface area contributed by atoms with E-state index in [4.69, 9.17) is 16.6 Å². The van der Waals surface area contributed by atoms with E-state index >= 15 is 0 Å². The Morgan fingerprint density at radius 2 is 2.00 bits per heavy atom. The van der Waals surface area contributed by atoms with Crippen LogP contribution in [0.4, 0.5) is 4.79 Å². The molecule has 1 amide bonds. The van der Waals surface area contributed by atoms with Gasteiger partial charge in [0.15, 0.2) is 6.61 Å². The van der Waals surface area contributed by atoms with Crippen LogP contribution >= 0.6 is 0 Å². The Morgan fingerprint density at radius 3 is 2.40 bits per heavy atom. The fourth-order valence-corrected chi connectivity index (χ4v) is 0.666. The maximum absolute atomic E-state index is 10.8. The van der Waals surface area contributed by atoms with Gasteiger partial charge in [-0.2, -0.15) is 0 Å². The van der Waals surface area contributed by atoms with Gasteiger partial charge in [-0.15, -0.1) is 6.42 Å². The molecule has 0 aliphatic carbocycles. The molecule has 1 unspecified atom stereocenters. The number of hydrogen-bond acceptors (Lipinski definition) is 4. The molecule has 0 bridgehead atoms. The van der Waals surface area contributed by atoms with Crippen LogP contribution in [0.3, 0.4) is 0 Å². The predicted octanol–water partition coefficient (Wildman–Crippen LogP) is -0.726. The number of hydrogen-bond donors (Lipinski definition) is 3. The fourth-order valence-electron chi connectivity index (χ4n) is 0.666. The molecule has 0 aliphatic heterocycles. The van der Waals surface area contributed by atoms with Crippen molar-refractivity contribution in [3.63, 3.8) is 0 Å². The number of aliphatic carboxylic acids is 2. The third-order valence-electron chi connectivity index (χ3n) is 1.26. The number of amides is 1. The SMILES string of the molecule is C#CCOC(=O)NC(CC(=O)O)C(=O)O. The van der Waals surface area contributed by atoms with Gasteiger partial charge in [-0.05, 0) is 0 Å². The lowest BCUT2D eigenvalue weighted by molar-refractivity contribution is -0.145. The quantitative estimate of drug-likeness (QED) is 0.521. The van der Waals surface area contributed by atoms with Crippen LogP contribution in [0.25, 0.3) is 0 Å². The summed E-state index contributed by atoms with van der Waals surface area (Å²) >= 11 is 0. The average molecular weight is 215 g/mol. The predicted molar refractivity (Wildman–Crippen MR) is 47.0 cm³/mol. The molecule has 0 aromatic heterocycles. The summed E-state index contributed by atoms with van der Waals surface area (Å²) < 4.78 is 4.31. The minimum Gasteiger partial charge on any atom is -0.481 e. The molecule has 15 heavy (non-hydrogen) atoms. The van der Waals surface area contributed by atoms with E-state index in [-0.39, 0.29) is 6.61 Å². The van der Waals surface area contributed by atoms with Crippen molar-refractivity contribution in [2.75, 3.05) is 6.61 Å². The molecule has 0 heterocycles. The van der Waals surface area contributed by atoms with Crippen molar-refractivity contribution in [2.45, 2.75) is 12.5 Å². The van der Waals surface area contributed by atoms with Gasteiger partial charge in [0.2, 0.25) is 0 Å². The molecule has 0 aromatic rings. The van der Waals surface area contributed by atoms with E-state index in [2.05, 4.69) is 4.74 Å². The number of nitrogens with one attached hydrogen (secondary N) is 1. The van der Waals surface area contributed by atoms with Crippen LogP contribution in [0.5, 0.6) is 0 Å². The number of carboxylic acids is 2. The van der Waals surface area contributed by atoms with E-state index in [1.807, 2.05) is 11.2 Å². The van der Waals surface area contributed by atoms with Crippen molar-refractivity contribution in [3.05, 3.63) is 0 Å². The van der Waals surface area contributed by atoms with Crippen LogP contribution in [0.15, 0.2) is 0 Å². The first-order valence-corrected chi connectivity index (χ1v) is 3.78. The molecule has 7 heteroatoms. The molecule has 0 fully saturated rings. The van der Waals surface area contributed by atoms with E-state index < -0.39 is 30.5 Å². The summed E-state index contributed by atoms with van der Waals surface area (Å²) in [5.41, 5.74) is 0. The second-order valence-electron chi connectivity index (χ2n) is 2.41. The maximum atomic E-state index is 10.8. The van der Waals surface area contributed by atoms with Crippen molar-refractivity contribution in [3.8, 4) is 12.3 Å². The highest BCUT2D eigenvalue weighted by molar-refractivity contribution is 5.84. The van der Waals surface area contributed by atoms with Crippen LogP contribution in [0.1, 0.15) is 6.42 Å². The van der Waals surface area contributed by atoms with E-state index in [0.717, 1.165) is 0 Å². The van der Waals surface area contributed by atoms with E-state index in [1.165, 1.54) is 0 Å². The average Bonchev–Trinajstić information content (AvgIpc) is 2.12. The molecule has 0 radical (unpaired) electrons. The Morgan fingerprint density at radius 1 is 1.40 bits per heavy atom. The van der Waals surface area contributed by atoms with Crippen molar-refractivity contribution in [1.82, 2.24) is 5.32 Å². The van der Waals surface area contributed by atoms with E-state index in [1.54, 1.807) is 0 Å². The first-order chi connectivity index (χ1) is 6.97. The maximum Gasteiger partial charge on any atom is 0.408 e. The Balaban J connectivity index is 4.17. The summed E-state index contributed by atoms with van der Waals surface area (Å²) in [4.78, 5) is 31.5. The van der Waals surface area contributed by atoms with Crippen LogP contribution < -0.4 is 5.32 Å². The van der Waals surface area contributed by atoms with Crippen molar-refractivity contribution >= 4 is 18.0 Å². The molecular formula is C8H9NO6. The third-order valence-corrected chi connectivity index (χ3v) is 1.26. The monoisotopic (exact) mass is 215 g/mol. The molecule has 0 spiro atoms. The summed E-state index contributed by atoms with van der Waals surface area (Å²) in [5.74, 6) is -0.815. The van der Waals surface area contributed by atoms with Crippen LogP contribution in [0, 0.1) is 12.3 Å². The Hall–Kier alpha value is -2.23. The number of ether oxygens (including phenoxy) is 1. The lowest BCUT2D eigenvalue weighted by Crippen LogP contribution is -2.42. The van der Waals surface area contributed by atoms with Gasteiger partial charge in [-0.1, -0.05) is 5.92 Å². The minimum atomic E-state index is -1.53. The smallest absolute Gasteiger partial charge is 0.408 e. The van der Waals surface area contributed by atoms with Crippen molar-refractivity contribution in [1.29, 1.82) is 0 Å². The van der Waals surface area contributed by atoms with E-state index in [9.17, 15) is 14.4 Å². The number of carbonyl (C=O) groups is 3. The van der Waals surface area contributed by atoms with Gasteiger partial charge in [0.1, 0.15) is 6.04 Å². The van der Waals surface area contributed by atoms with Gasteiger partial charge in [0.05, 0.1) is 6.42 Å². The minimum absolute atomic E-state index is 0.314. The number of carboxylic acid groups (broad SMARTS) is 2. The van der Waals surface area contributed by atoms with Gasteiger partial charge >= 0.3 is 18.0 Å². The summed E-state index contributed by atoms with van der Waals surface area (Å²) in [6, 6.07) is -1.53. The number of alkyl carbamates (subject to hydrolysis) is 1. The topological polar surface area (TPSA) is 113 Å². The summed E-state index contributed by atoms with van der Waals surface area (Å²) in [7, 11) is 0. The molecule has 1 atom stereocenters. The lowest BCUT2D eigenvalue weighted by Gasteiger charge is -2.11. The third kappa shape index (κ3) is 5.93. The molecule has 0 aliphatic rings. The van der Waals surface area contributed by atoms with Crippen LogP contribution in [-0.2, 0) is 14.3 Å². The van der Waals surface area contributed by atoms with Crippen molar-refractivity contribution in [2.24, 2.45) is 0 Å². The van der Waals surface area contributed by atoms with Gasteiger partial charge in [-0.25, -0.2) is 9.59 Å². The number of rotatable bonds is 5. The molecule has 82 valence electrons. The van der Waals surface area contributed by atoms with Crippen LogP contribution in [0.2, 0.25) is 0 Å². The Bertz CT molecular complexity index is 305. The van der Waals surface area contributed by atoms with Gasteiger partial charge < -0.3 is 20.3 Å². The van der Waals surface area contributed by atoms with Crippen molar-refractivity contribution < 1.29 is 29.3 Å². The second-order valence-corrected chi connectivity index (χ2v) is 2.41. The molecule has 3 N–H and O–H groups in total. The zero-order chi connectivity index (χ0) is 11.8. The zero-order valence-corrected chi connectivity index (χ0v) is 7.60. The highest BCUT2D eigenvalue weighted by Crippen LogP contribution is 1.93. The molecule has 7 nitrogen and oxygen atoms in total. The normalized spacial score (nSPS) is 10.9. The van der Waals surface area contributed by atoms with Crippen LogP contribution in [-0.4, -0.2) is 40.9 Å². The first kappa shape index (κ1) is 12.8. The van der Waals surface area contributed by atoms with Gasteiger partial charge in [0, 0.05) is 0 Å². The summed E-state index contributed by atoms with van der Waals surface area (Å²) in [6.45, 7) is -0.314. The standard InChI is InChI=1S/C8H9NO6/c1-2-3-15-8(14)9-5(7(12)13)4-6(10)11/h1,5H,3-4H2,(H,9,14)(H,10,11)(H,12,13). The second kappa shape index (κ2) is 6.26. The Labute approximate surface area is 85.0 Å². The highest BCUT2D eigenvalue weighted by atomic mass is 16.5. The first-order valence-electron chi connectivity index (χ1n) is 3.78. The van der Waals surface area contributed by atoms with E-state index in [0.29, 0.717) is 0 Å².